The van der Waals surface area contributed by atoms with E-state index in [0.717, 1.165) is 23.6 Å². The molecule has 1 aromatic rings. The molecule has 21 heavy (non-hydrogen) atoms. The highest BCUT2D eigenvalue weighted by molar-refractivity contribution is 7.99. The first kappa shape index (κ1) is 16.3. The minimum Gasteiger partial charge on any atom is -0.355 e. The Morgan fingerprint density at radius 2 is 2.14 bits per heavy atom. The maximum Gasteiger partial charge on any atom is 0.221 e. The molecule has 0 bridgehead atoms. The molecule has 0 aromatic heterocycles. The fourth-order valence-corrected chi connectivity index (χ4v) is 3.32. The number of hydrogen-bond donors (Lipinski definition) is 2. The summed E-state index contributed by atoms with van der Waals surface area (Å²) in [7, 11) is 0. The Kier molecular flexibility index (Phi) is 5.65. The molecule has 116 valence electrons. The summed E-state index contributed by atoms with van der Waals surface area (Å²) >= 11 is 1.89. The second-order valence-electron chi connectivity index (χ2n) is 6.10. The number of thioether (sulfide) groups is 1. The van der Waals surface area contributed by atoms with Crippen molar-refractivity contribution in [2.24, 2.45) is 0 Å². The van der Waals surface area contributed by atoms with Gasteiger partial charge in [0.15, 0.2) is 0 Å². The molecule has 1 fully saturated rings. The Morgan fingerprint density at radius 3 is 2.76 bits per heavy atom. The Hall–Kier alpha value is -1.07. The lowest BCUT2D eigenvalue weighted by Crippen LogP contribution is -2.43. The predicted octanol–water partition coefficient (Wildman–Crippen LogP) is 2.31. The summed E-state index contributed by atoms with van der Waals surface area (Å²) in [5.41, 5.74) is 0.813. The Balaban J connectivity index is 1.82. The predicted molar refractivity (Wildman–Crippen MR) is 86.2 cm³/mol. The summed E-state index contributed by atoms with van der Waals surface area (Å²) in [5, 5.41) is 6.36. The summed E-state index contributed by atoms with van der Waals surface area (Å²) in [5.74, 6) is 1.95. The van der Waals surface area contributed by atoms with Gasteiger partial charge in [-0.05, 0) is 17.7 Å². The van der Waals surface area contributed by atoms with Crippen molar-refractivity contribution in [2.45, 2.75) is 31.7 Å². The van der Waals surface area contributed by atoms with Crippen molar-refractivity contribution < 1.29 is 9.18 Å². The quantitative estimate of drug-likeness (QED) is 0.877. The Labute approximate surface area is 130 Å². The molecule has 0 aliphatic carbocycles. The van der Waals surface area contributed by atoms with Crippen molar-refractivity contribution in [3.8, 4) is 0 Å². The molecule has 0 spiro atoms. The van der Waals surface area contributed by atoms with E-state index < -0.39 is 0 Å². The van der Waals surface area contributed by atoms with Crippen LogP contribution in [0.15, 0.2) is 24.3 Å². The third-order valence-corrected chi connectivity index (χ3v) is 4.91. The number of rotatable bonds is 5. The van der Waals surface area contributed by atoms with E-state index in [-0.39, 0.29) is 23.2 Å². The number of carbonyl (C=O) groups excluding carboxylic acids is 1. The molecule has 0 radical (unpaired) electrons. The molecule has 5 heteroatoms. The highest BCUT2D eigenvalue weighted by atomic mass is 32.2. The van der Waals surface area contributed by atoms with E-state index in [4.69, 9.17) is 0 Å². The smallest absolute Gasteiger partial charge is 0.221 e. The van der Waals surface area contributed by atoms with E-state index in [1.54, 1.807) is 12.1 Å². The first-order valence-electron chi connectivity index (χ1n) is 7.31. The third-order valence-electron chi connectivity index (χ3n) is 3.78. The van der Waals surface area contributed by atoms with E-state index in [9.17, 15) is 9.18 Å². The van der Waals surface area contributed by atoms with Crippen molar-refractivity contribution in [3.63, 3.8) is 0 Å². The highest BCUT2D eigenvalue weighted by Crippen LogP contribution is 2.22. The normalized spacial score (nSPS) is 19.3. The molecule has 1 atom stereocenters. The Bertz CT molecular complexity index is 470. The van der Waals surface area contributed by atoms with Gasteiger partial charge in [-0.2, -0.15) is 11.8 Å². The van der Waals surface area contributed by atoms with Crippen LogP contribution in [0.1, 0.15) is 25.8 Å². The van der Waals surface area contributed by atoms with Crippen molar-refractivity contribution in [1.82, 2.24) is 10.6 Å². The third kappa shape index (κ3) is 5.00. The lowest BCUT2D eigenvalue weighted by Gasteiger charge is -2.27. The monoisotopic (exact) mass is 310 g/mol. The van der Waals surface area contributed by atoms with E-state index in [1.807, 2.05) is 11.8 Å². The van der Waals surface area contributed by atoms with Gasteiger partial charge in [0.2, 0.25) is 5.91 Å². The van der Waals surface area contributed by atoms with Gasteiger partial charge < -0.3 is 10.6 Å². The topological polar surface area (TPSA) is 41.1 Å². The van der Waals surface area contributed by atoms with E-state index in [0.29, 0.717) is 13.0 Å². The molecule has 1 aliphatic heterocycles. The SMILES string of the molecule is CC(C)(CNC(=O)CC1CSCCN1)c1ccc(F)cc1. The number of amides is 1. The average Bonchev–Trinajstić information content (AvgIpc) is 2.47. The zero-order valence-electron chi connectivity index (χ0n) is 12.6. The summed E-state index contributed by atoms with van der Waals surface area (Å²) in [6.07, 6.45) is 0.520. The summed E-state index contributed by atoms with van der Waals surface area (Å²) in [4.78, 5) is 12.0. The molecule has 0 saturated carbocycles. The molecule has 1 heterocycles. The van der Waals surface area contributed by atoms with Crippen LogP contribution in [-0.2, 0) is 10.2 Å². The van der Waals surface area contributed by atoms with Crippen molar-refractivity contribution in [1.29, 1.82) is 0 Å². The van der Waals surface area contributed by atoms with Gasteiger partial charge in [0.25, 0.3) is 0 Å². The van der Waals surface area contributed by atoms with Gasteiger partial charge in [-0.3, -0.25) is 4.79 Å². The molecule has 1 amide bonds. The lowest BCUT2D eigenvalue weighted by molar-refractivity contribution is -0.121. The van der Waals surface area contributed by atoms with Crippen molar-refractivity contribution >= 4 is 17.7 Å². The molecule has 3 nitrogen and oxygen atoms in total. The van der Waals surface area contributed by atoms with Gasteiger partial charge in [-0.25, -0.2) is 4.39 Å². The van der Waals surface area contributed by atoms with Crippen LogP contribution in [0.2, 0.25) is 0 Å². The standard InChI is InChI=1S/C16H23FN2OS/c1-16(2,12-3-5-13(17)6-4-12)11-19-15(20)9-14-10-21-8-7-18-14/h3-6,14,18H,7-11H2,1-2H3,(H,19,20). The van der Waals surface area contributed by atoms with Gasteiger partial charge in [0.05, 0.1) is 0 Å². The maximum atomic E-state index is 13.0. The number of benzene rings is 1. The second kappa shape index (κ2) is 7.27. The molecule has 1 unspecified atom stereocenters. The highest BCUT2D eigenvalue weighted by Gasteiger charge is 2.23. The molecule has 1 aliphatic rings. The largest absolute Gasteiger partial charge is 0.355 e. The fraction of sp³-hybridized carbons (Fsp3) is 0.562. The molecule has 1 aromatic carbocycles. The van der Waals surface area contributed by atoms with Crippen LogP contribution in [-0.4, -0.2) is 36.5 Å². The van der Waals surface area contributed by atoms with Gasteiger partial charge in [-0.15, -0.1) is 0 Å². The van der Waals surface area contributed by atoms with Crippen LogP contribution in [0.25, 0.3) is 0 Å². The summed E-state index contributed by atoms with van der Waals surface area (Å²) < 4.78 is 13.0. The van der Waals surface area contributed by atoms with Gasteiger partial charge in [0.1, 0.15) is 5.82 Å². The first-order chi connectivity index (χ1) is 9.97. The zero-order chi connectivity index (χ0) is 15.3. The minimum atomic E-state index is -0.237. The Morgan fingerprint density at radius 1 is 1.43 bits per heavy atom. The maximum absolute atomic E-state index is 13.0. The van der Waals surface area contributed by atoms with Crippen LogP contribution in [0.3, 0.4) is 0 Å². The van der Waals surface area contributed by atoms with Crippen LogP contribution in [0, 0.1) is 5.82 Å². The summed E-state index contributed by atoms with van der Waals surface area (Å²) in [6, 6.07) is 6.75. The van der Waals surface area contributed by atoms with Gasteiger partial charge in [-0.1, -0.05) is 26.0 Å². The van der Waals surface area contributed by atoms with Gasteiger partial charge >= 0.3 is 0 Å². The van der Waals surface area contributed by atoms with E-state index in [2.05, 4.69) is 24.5 Å². The van der Waals surface area contributed by atoms with Crippen LogP contribution in [0.4, 0.5) is 4.39 Å². The van der Waals surface area contributed by atoms with Crippen molar-refractivity contribution in [3.05, 3.63) is 35.6 Å². The number of hydrogen-bond acceptors (Lipinski definition) is 3. The molecular weight excluding hydrogens is 287 g/mol. The number of carbonyl (C=O) groups is 1. The van der Waals surface area contributed by atoms with Crippen LogP contribution in [0.5, 0.6) is 0 Å². The second-order valence-corrected chi connectivity index (χ2v) is 7.25. The lowest BCUT2D eigenvalue weighted by atomic mass is 9.84. The number of nitrogens with one attached hydrogen (secondary N) is 2. The zero-order valence-corrected chi connectivity index (χ0v) is 13.4. The summed E-state index contributed by atoms with van der Waals surface area (Å²) in [6.45, 7) is 5.63. The molecular formula is C16H23FN2OS. The molecule has 1 saturated heterocycles. The average molecular weight is 310 g/mol. The van der Waals surface area contributed by atoms with Crippen molar-refractivity contribution in [2.75, 3.05) is 24.6 Å². The van der Waals surface area contributed by atoms with E-state index >= 15 is 0 Å². The molecule has 2 N–H and O–H groups in total. The van der Waals surface area contributed by atoms with Gasteiger partial charge in [0, 0.05) is 42.5 Å². The number of halogens is 1. The van der Waals surface area contributed by atoms with E-state index in [1.165, 1.54) is 12.1 Å². The minimum absolute atomic E-state index is 0.0742. The van der Waals surface area contributed by atoms with Crippen LogP contribution >= 0.6 is 11.8 Å². The first-order valence-corrected chi connectivity index (χ1v) is 8.47. The van der Waals surface area contributed by atoms with Crippen LogP contribution < -0.4 is 10.6 Å². The fourth-order valence-electron chi connectivity index (χ4n) is 2.37. The molecule has 2 rings (SSSR count).